The highest BCUT2D eigenvalue weighted by atomic mass is 32.1. The van der Waals surface area contributed by atoms with Crippen LogP contribution in [0, 0.1) is 0 Å². The summed E-state index contributed by atoms with van der Waals surface area (Å²) in [6.45, 7) is 0. The predicted molar refractivity (Wildman–Crippen MR) is 68.9 cm³/mol. The van der Waals surface area contributed by atoms with Gasteiger partial charge in [-0.3, -0.25) is 0 Å². The van der Waals surface area contributed by atoms with Gasteiger partial charge in [-0.05, 0) is 22.9 Å². The van der Waals surface area contributed by atoms with Crippen LogP contribution in [-0.2, 0) is 0 Å². The summed E-state index contributed by atoms with van der Waals surface area (Å²) in [6.07, 6.45) is 0. The summed E-state index contributed by atoms with van der Waals surface area (Å²) in [5.74, 6) is 0.336. The number of phenolic OH excluding ortho intramolecular Hbond substituents is 1. The molecule has 1 N–H and O–H groups in total. The van der Waals surface area contributed by atoms with Crippen LogP contribution in [0.5, 0.6) is 5.75 Å². The van der Waals surface area contributed by atoms with E-state index in [1.165, 1.54) is 10.1 Å². The van der Waals surface area contributed by atoms with Crippen molar-refractivity contribution in [3.63, 3.8) is 0 Å². The molecule has 78 valence electrons. The molecule has 3 rings (SSSR count). The minimum Gasteiger partial charge on any atom is -0.507 e. The Bertz CT molecular complexity index is 640. The van der Waals surface area contributed by atoms with E-state index in [0.29, 0.717) is 5.75 Å². The fourth-order valence-electron chi connectivity index (χ4n) is 1.91. The number of fused-ring (bicyclic) bond motifs is 1. The molecule has 16 heavy (non-hydrogen) atoms. The maximum absolute atomic E-state index is 9.87. The number of rotatable bonds is 1. The molecule has 2 aromatic carbocycles. The predicted octanol–water partition coefficient (Wildman–Crippen LogP) is 4.27. The molecule has 0 aliphatic rings. The lowest BCUT2D eigenvalue weighted by Gasteiger charge is -2.05. The van der Waals surface area contributed by atoms with Crippen molar-refractivity contribution in [1.29, 1.82) is 0 Å². The normalized spacial score (nSPS) is 10.8. The van der Waals surface area contributed by atoms with Gasteiger partial charge in [0.15, 0.2) is 0 Å². The minimum atomic E-state index is 0.336. The van der Waals surface area contributed by atoms with Crippen molar-refractivity contribution >= 4 is 21.4 Å². The van der Waals surface area contributed by atoms with Gasteiger partial charge in [0, 0.05) is 15.8 Å². The summed E-state index contributed by atoms with van der Waals surface area (Å²) in [7, 11) is 0. The van der Waals surface area contributed by atoms with Crippen LogP contribution < -0.4 is 0 Å². The maximum Gasteiger partial charge on any atom is 0.123 e. The lowest BCUT2D eigenvalue weighted by Crippen LogP contribution is -1.78. The molecule has 0 bridgehead atoms. The van der Waals surface area contributed by atoms with Crippen LogP contribution in [-0.4, -0.2) is 5.11 Å². The molecule has 0 atom stereocenters. The molecule has 1 nitrogen and oxygen atoms in total. The number of hydrogen-bond donors (Lipinski definition) is 1. The Hall–Kier alpha value is -1.80. The number of phenols is 1. The first kappa shape index (κ1) is 9.43. The van der Waals surface area contributed by atoms with Crippen LogP contribution in [0.3, 0.4) is 0 Å². The van der Waals surface area contributed by atoms with E-state index in [9.17, 15) is 5.11 Å². The molecule has 1 heterocycles. The second-order valence-electron chi connectivity index (χ2n) is 3.66. The van der Waals surface area contributed by atoms with Gasteiger partial charge in [-0.25, -0.2) is 0 Å². The maximum atomic E-state index is 9.87. The summed E-state index contributed by atoms with van der Waals surface area (Å²) in [5.41, 5.74) is 2.00. The Balaban J connectivity index is 2.34. The van der Waals surface area contributed by atoms with Crippen molar-refractivity contribution in [1.82, 2.24) is 0 Å². The molecular weight excluding hydrogens is 216 g/mol. The minimum absolute atomic E-state index is 0.336. The van der Waals surface area contributed by atoms with Gasteiger partial charge in [-0.1, -0.05) is 36.4 Å². The third kappa shape index (κ3) is 1.39. The van der Waals surface area contributed by atoms with E-state index in [2.05, 4.69) is 17.5 Å². The third-order valence-electron chi connectivity index (χ3n) is 2.67. The van der Waals surface area contributed by atoms with Crippen LogP contribution in [0.2, 0.25) is 0 Å². The van der Waals surface area contributed by atoms with E-state index in [4.69, 9.17) is 0 Å². The highest BCUT2D eigenvalue weighted by molar-refractivity contribution is 7.17. The Morgan fingerprint density at radius 1 is 0.812 bits per heavy atom. The van der Waals surface area contributed by atoms with Crippen molar-refractivity contribution in [2.45, 2.75) is 0 Å². The van der Waals surface area contributed by atoms with Gasteiger partial charge < -0.3 is 5.11 Å². The van der Waals surface area contributed by atoms with Gasteiger partial charge in [0.2, 0.25) is 0 Å². The van der Waals surface area contributed by atoms with E-state index in [-0.39, 0.29) is 0 Å². The quantitative estimate of drug-likeness (QED) is 0.656. The molecule has 0 saturated carbocycles. The Kier molecular flexibility index (Phi) is 2.15. The van der Waals surface area contributed by atoms with Crippen LogP contribution in [0.25, 0.3) is 21.2 Å². The first-order valence-corrected chi connectivity index (χ1v) is 5.99. The molecule has 0 aliphatic heterocycles. The van der Waals surface area contributed by atoms with Gasteiger partial charge in [0.1, 0.15) is 5.75 Å². The Labute approximate surface area is 97.6 Å². The number of thiophene rings is 1. The number of para-hydroxylation sites is 1. The largest absolute Gasteiger partial charge is 0.507 e. The van der Waals surface area contributed by atoms with E-state index in [0.717, 1.165) is 11.1 Å². The summed E-state index contributed by atoms with van der Waals surface area (Å²) in [6, 6.07) is 15.7. The van der Waals surface area contributed by atoms with Gasteiger partial charge in [0.25, 0.3) is 0 Å². The molecule has 0 fully saturated rings. The first-order chi connectivity index (χ1) is 7.86. The van der Waals surface area contributed by atoms with E-state index in [1.54, 1.807) is 17.4 Å². The number of benzene rings is 2. The zero-order valence-electron chi connectivity index (χ0n) is 8.55. The molecular formula is C14H10OS. The van der Waals surface area contributed by atoms with Crippen LogP contribution in [0.1, 0.15) is 0 Å². The Morgan fingerprint density at radius 2 is 1.62 bits per heavy atom. The molecule has 0 unspecified atom stereocenters. The number of hydrogen-bond acceptors (Lipinski definition) is 2. The van der Waals surface area contributed by atoms with E-state index >= 15 is 0 Å². The van der Waals surface area contributed by atoms with Crippen LogP contribution in [0.4, 0.5) is 0 Å². The molecule has 0 aliphatic carbocycles. The second kappa shape index (κ2) is 3.65. The smallest absolute Gasteiger partial charge is 0.123 e. The average Bonchev–Trinajstić information content (AvgIpc) is 2.77. The highest BCUT2D eigenvalue weighted by Crippen LogP contribution is 2.36. The lowest BCUT2D eigenvalue weighted by molar-refractivity contribution is 0.477. The molecule has 3 aromatic rings. The molecule has 0 amide bonds. The summed E-state index contributed by atoms with van der Waals surface area (Å²) in [4.78, 5) is 0. The van der Waals surface area contributed by atoms with Gasteiger partial charge >= 0.3 is 0 Å². The van der Waals surface area contributed by atoms with Crippen molar-refractivity contribution in [3.8, 4) is 16.9 Å². The molecule has 0 saturated heterocycles. The van der Waals surface area contributed by atoms with Crippen LogP contribution >= 0.6 is 11.3 Å². The van der Waals surface area contributed by atoms with Crippen molar-refractivity contribution in [2.24, 2.45) is 0 Å². The molecule has 1 aromatic heterocycles. The van der Waals surface area contributed by atoms with Crippen LogP contribution in [0.15, 0.2) is 53.9 Å². The van der Waals surface area contributed by atoms with E-state index in [1.807, 2.05) is 30.3 Å². The van der Waals surface area contributed by atoms with E-state index < -0.39 is 0 Å². The topological polar surface area (TPSA) is 20.2 Å². The standard InChI is InChI=1S/C14H10OS/c15-13-7-2-1-5-11(13)12-6-3-4-10-8-9-16-14(10)12/h1-9,15H. The SMILES string of the molecule is Oc1ccccc1-c1cccc2ccsc12. The molecule has 0 spiro atoms. The second-order valence-corrected chi connectivity index (χ2v) is 4.58. The fraction of sp³-hybridized carbons (Fsp3) is 0. The monoisotopic (exact) mass is 226 g/mol. The Morgan fingerprint density at radius 3 is 2.50 bits per heavy atom. The van der Waals surface area contributed by atoms with Gasteiger partial charge in [-0.2, -0.15) is 0 Å². The van der Waals surface area contributed by atoms with Gasteiger partial charge in [0.05, 0.1) is 0 Å². The number of aromatic hydroxyl groups is 1. The molecule has 0 radical (unpaired) electrons. The summed E-state index contributed by atoms with van der Waals surface area (Å²) >= 11 is 1.71. The highest BCUT2D eigenvalue weighted by Gasteiger charge is 2.07. The fourth-order valence-corrected chi connectivity index (χ4v) is 2.83. The summed E-state index contributed by atoms with van der Waals surface area (Å²) in [5, 5.41) is 13.2. The lowest BCUT2D eigenvalue weighted by atomic mass is 10.0. The zero-order valence-corrected chi connectivity index (χ0v) is 9.37. The van der Waals surface area contributed by atoms with Gasteiger partial charge in [-0.15, -0.1) is 11.3 Å². The van der Waals surface area contributed by atoms with Crippen molar-refractivity contribution < 1.29 is 5.11 Å². The first-order valence-electron chi connectivity index (χ1n) is 5.11. The summed E-state index contributed by atoms with van der Waals surface area (Å²) < 4.78 is 1.23. The van der Waals surface area contributed by atoms with Crippen molar-refractivity contribution in [2.75, 3.05) is 0 Å². The third-order valence-corrected chi connectivity index (χ3v) is 3.64. The zero-order chi connectivity index (χ0) is 11.0. The molecule has 2 heteroatoms. The average molecular weight is 226 g/mol. The van der Waals surface area contributed by atoms with Crippen molar-refractivity contribution in [3.05, 3.63) is 53.9 Å².